The van der Waals surface area contributed by atoms with Crippen LogP contribution in [-0.4, -0.2) is 32.0 Å². The molecule has 4 rings (SSSR count). The van der Waals surface area contributed by atoms with E-state index in [0.717, 1.165) is 53.9 Å². The summed E-state index contributed by atoms with van der Waals surface area (Å²) in [5.74, 6) is 0.972. The largest absolute Gasteiger partial charge is 0.497 e. The van der Waals surface area contributed by atoms with E-state index in [4.69, 9.17) is 4.74 Å². The molecule has 0 unspecified atom stereocenters. The van der Waals surface area contributed by atoms with Gasteiger partial charge in [0.1, 0.15) is 5.75 Å². The highest BCUT2D eigenvalue weighted by molar-refractivity contribution is 6.01. The number of carbonyl (C=O) groups excluding carboxylic acids is 2. The highest BCUT2D eigenvalue weighted by atomic mass is 16.5. The number of amides is 2. The fourth-order valence-electron chi connectivity index (χ4n) is 3.84. The molecule has 5 nitrogen and oxygen atoms in total. The van der Waals surface area contributed by atoms with Crippen molar-refractivity contribution in [3.8, 4) is 5.75 Å². The second-order valence-corrected chi connectivity index (χ2v) is 6.80. The lowest BCUT2D eigenvalue weighted by Gasteiger charge is -2.25. The summed E-state index contributed by atoms with van der Waals surface area (Å²) in [5.41, 5.74) is 5.11. The lowest BCUT2D eigenvalue weighted by molar-refractivity contribution is -0.118. The molecule has 1 N–H and O–H groups in total. The molecule has 0 aromatic heterocycles. The van der Waals surface area contributed by atoms with Gasteiger partial charge in [-0.1, -0.05) is 12.1 Å². The van der Waals surface area contributed by atoms with E-state index in [1.54, 1.807) is 7.11 Å². The van der Waals surface area contributed by atoms with Crippen molar-refractivity contribution in [2.75, 3.05) is 25.1 Å². The van der Waals surface area contributed by atoms with E-state index in [9.17, 15) is 9.59 Å². The van der Waals surface area contributed by atoms with E-state index in [-0.39, 0.29) is 11.8 Å². The predicted octanol–water partition coefficient (Wildman–Crippen LogP) is 2.50. The number of nitrogens with one attached hydrogen (secondary N) is 1. The van der Waals surface area contributed by atoms with Gasteiger partial charge in [0, 0.05) is 25.1 Å². The summed E-state index contributed by atoms with van der Waals surface area (Å²) >= 11 is 0. The Morgan fingerprint density at radius 2 is 1.96 bits per heavy atom. The van der Waals surface area contributed by atoms with Gasteiger partial charge in [0.2, 0.25) is 5.91 Å². The predicted molar refractivity (Wildman–Crippen MR) is 99.9 cm³/mol. The van der Waals surface area contributed by atoms with Crippen LogP contribution in [-0.2, 0) is 24.1 Å². The maximum absolute atomic E-state index is 12.6. The third-order valence-corrected chi connectivity index (χ3v) is 5.15. The van der Waals surface area contributed by atoms with Gasteiger partial charge in [0.15, 0.2) is 0 Å². The molecule has 0 atom stereocenters. The number of nitrogens with zero attached hydrogens (tertiary/aromatic N) is 1. The van der Waals surface area contributed by atoms with Crippen molar-refractivity contribution in [3.05, 3.63) is 58.7 Å². The first-order chi connectivity index (χ1) is 12.7. The summed E-state index contributed by atoms with van der Waals surface area (Å²) in [7, 11) is 1.65. The van der Waals surface area contributed by atoms with Gasteiger partial charge in [0.25, 0.3) is 5.91 Å². The molecule has 2 aliphatic heterocycles. The van der Waals surface area contributed by atoms with Crippen LogP contribution < -0.4 is 15.0 Å². The number of methoxy groups -OCH3 is 1. The molecule has 134 valence electrons. The number of ether oxygens (including phenoxy) is 1. The second kappa shape index (κ2) is 6.83. The van der Waals surface area contributed by atoms with E-state index < -0.39 is 0 Å². The third-order valence-electron chi connectivity index (χ3n) is 5.15. The minimum absolute atomic E-state index is 0.0534. The number of benzene rings is 2. The summed E-state index contributed by atoms with van der Waals surface area (Å²) in [6.45, 7) is 1.31. The first-order valence-electron chi connectivity index (χ1n) is 9.03. The normalized spacial score (nSPS) is 15.0. The number of rotatable bonds is 5. The maximum Gasteiger partial charge on any atom is 0.251 e. The highest BCUT2D eigenvalue weighted by Gasteiger charge is 2.31. The second-order valence-electron chi connectivity index (χ2n) is 6.80. The highest BCUT2D eigenvalue weighted by Crippen LogP contribution is 2.37. The van der Waals surface area contributed by atoms with Crippen molar-refractivity contribution >= 4 is 17.5 Å². The zero-order valence-corrected chi connectivity index (χ0v) is 14.9. The van der Waals surface area contributed by atoms with Crippen LogP contribution in [0.5, 0.6) is 5.75 Å². The topological polar surface area (TPSA) is 58.6 Å². The number of hydrogen-bond donors (Lipinski definition) is 1. The molecule has 2 aromatic rings. The zero-order valence-electron chi connectivity index (χ0n) is 14.9. The summed E-state index contributed by atoms with van der Waals surface area (Å²) in [5, 5.41) is 3.01. The Labute approximate surface area is 153 Å². The molecule has 2 aliphatic rings. The average molecular weight is 350 g/mol. The Hall–Kier alpha value is -2.82. The van der Waals surface area contributed by atoms with Crippen LogP contribution >= 0.6 is 0 Å². The Morgan fingerprint density at radius 3 is 2.77 bits per heavy atom. The Bertz CT molecular complexity index is 876. The number of anilines is 1. The van der Waals surface area contributed by atoms with Crippen LogP contribution in [0.15, 0.2) is 36.4 Å². The van der Waals surface area contributed by atoms with Crippen molar-refractivity contribution in [2.45, 2.75) is 25.7 Å². The molecule has 0 saturated carbocycles. The van der Waals surface area contributed by atoms with E-state index in [1.165, 1.54) is 0 Å². The van der Waals surface area contributed by atoms with Crippen LogP contribution in [0, 0.1) is 0 Å². The molecule has 5 heteroatoms. The van der Waals surface area contributed by atoms with E-state index in [2.05, 4.69) is 5.32 Å². The monoisotopic (exact) mass is 350 g/mol. The molecule has 0 spiro atoms. The van der Waals surface area contributed by atoms with E-state index >= 15 is 0 Å². The fraction of sp³-hybridized carbons (Fsp3) is 0.333. The zero-order chi connectivity index (χ0) is 18.1. The Morgan fingerprint density at radius 1 is 1.15 bits per heavy atom. The molecule has 0 aliphatic carbocycles. The van der Waals surface area contributed by atoms with Gasteiger partial charge in [-0.25, -0.2) is 0 Å². The molecule has 2 amide bonds. The minimum atomic E-state index is -0.0534. The first-order valence-corrected chi connectivity index (χ1v) is 9.03. The molecule has 0 saturated heterocycles. The van der Waals surface area contributed by atoms with Gasteiger partial charge in [-0.3, -0.25) is 9.59 Å². The minimum Gasteiger partial charge on any atom is -0.497 e. The molecule has 2 aromatic carbocycles. The van der Waals surface area contributed by atoms with Crippen molar-refractivity contribution in [1.82, 2.24) is 5.32 Å². The quantitative estimate of drug-likeness (QED) is 0.901. The van der Waals surface area contributed by atoms with Crippen LogP contribution in [0.4, 0.5) is 5.69 Å². The van der Waals surface area contributed by atoms with Gasteiger partial charge < -0.3 is 15.0 Å². The summed E-state index contributed by atoms with van der Waals surface area (Å²) in [6, 6.07) is 11.8. The van der Waals surface area contributed by atoms with Gasteiger partial charge >= 0.3 is 0 Å². The Kier molecular flexibility index (Phi) is 4.37. The Balaban J connectivity index is 1.43. The van der Waals surface area contributed by atoms with Gasteiger partial charge in [0.05, 0.1) is 12.8 Å². The maximum atomic E-state index is 12.6. The third kappa shape index (κ3) is 3.05. The number of hydrogen-bond acceptors (Lipinski definition) is 3. The van der Waals surface area contributed by atoms with Crippen molar-refractivity contribution in [3.63, 3.8) is 0 Å². The number of carbonyl (C=O) groups is 2. The van der Waals surface area contributed by atoms with Crippen LogP contribution in [0.3, 0.4) is 0 Å². The van der Waals surface area contributed by atoms with E-state index in [1.807, 2.05) is 41.3 Å². The average Bonchev–Trinajstić information content (AvgIpc) is 3.10. The van der Waals surface area contributed by atoms with Crippen molar-refractivity contribution in [1.29, 1.82) is 0 Å². The smallest absolute Gasteiger partial charge is 0.251 e. The molecule has 26 heavy (non-hydrogen) atoms. The SMILES string of the molecule is COc1cccc(CCNC(=O)c2cc3c4c(c2)CCN4C(=O)CC3)c1. The lowest BCUT2D eigenvalue weighted by atomic mass is 9.96. The number of aryl methyl sites for hydroxylation is 1. The summed E-state index contributed by atoms with van der Waals surface area (Å²) < 4.78 is 5.23. The molecule has 2 heterocycles. The summed E-state index contributed by atoms with van der Waals surface area (Å²) in [6.07, 6.45) is 2.85. The molecular weight excluding hydrogens is 328 g/mol. The van der Waals surface area contributed by atoms with Crippen LogP contribution in [0.25, 0.3) is 0 Å². The summed E-state index contributed by atoms with van der Waals surface area (Å²) in [4.78, 5) is 26.4. The standard InChI is InChI=1S/C21H22N2O3/c1-26-18-4-2-3-14(11-18)7-9-22-21(25)17-12-15-5-6-19(24)23-10-8-16(13-17)20(15)23/h2-4,11-13H,5-10H2,1H3,(H,22,25). The lowest BCUT2D eigenvalue weighted by Crippen LogP contribution is -2.33. The van der Waals surface area contributed by atoms with Gasteiger partial charge in [-0.2, -0.15) is 0 Å². The van der Waals surface area contributed by atoms with Gasteiger partial charge in [-0.15, -0.1) is 0 Å². The molecule has 0 radical (unpaired) electrons. The fourth-order valence-corrected chi connectivity index (χ4v) is 3.84. The first kappa shape index (κ1) is 16.6. The van der Waals surface area contributed by atoms with Crippen LogP contribution in [0.1, 0.15) is 33.5 Å². The van der Waals surface area contributed by atoms with Gasteiger partial charge in [-0.05, 0) is 60.2 Å². The van der Waals surface area contributed by atoms with Crippen LogP contribution in [0.2, 0.25) is 0 Å². The molecule has 0 bridgehead atoms. The molecular formula is C21H22N2O3. The van der Waals surface area contributed by atoms with Crippen molar-refractivity contribution in [2.24, 2.45) is 0 Å². The molecule has 0 fully saturated rings. The van der Waals surface area contributed by atoms with Crippen molar-refractivity contribution < 1.29 is 14.3 Å². The van der Waals surface area contributed by atoms with E-state index in [0.29, 0.717) is 18.5 Å².